The van der Waals surface area contributed by atoms with Crippen LogP contribution in [0.4, 0.5) is 4.39 Å². The highest BCUT2D eigenvalue weighted by atomic mass is 35.5. The zero-order chi connectivity index (χ0) is 15.0. The number of aromatic hydroxyl groups is 1. The molecule has 0 atom stereocenters. The lowest BCUT2D eigenvalue weighted by Crippen LogP contribution is -1.87. The summed E-state index contributed by atoms with van der Waals surface area (Å²) in [6.07, 6.45) is 0. The van der Waals surface area contributed by atoms with Crippen LogP contribution in [-0.2, 0) is 0 Å². The highest BCUT2D eigenvalue weighted by Gasteiger charge is 2.15. The predicted molar refractivity (Wildman–Crippen MR) is 76.5 cm³/mol. The molecule has 4 nitrogen and oxygen atoms in total. The molecule has 1 aromatic heterocycles. The molecule has 3 aromatic rings. The van der Waals surface area contributed by atoms with Crippen LogP contribution in [0.25, 0.3) is 22.8 Å². The largest absolute Gasteiger partial charge is 0.508 e. The highest BCUT2D eigenvalue weighted by molar-refractivity contribution is 6.33. The first kappa shape index (κ1) is 13.6. The van der Waals surface area contributed by atoms with Gasteiger partial charge in [0.25, 0.3) is 5.89 Å². The molecule has 0 bridgehead atoms. The van der Waals surface area contributed by atoms with Crippen LogP contribution in [0.1, 0.15) is 5.56 Å². The van der Waals surface area contributed by atoms with E-state index in [0.717, 1.165) is 0 Å². The molecule has 0 aliphatic rings. The normalized spacial score (nSPS) is 10.8. The van der Waals surface area contributed by atoms with Crippen molar-refractivity contribution in [3.8, 4) is 28.6 Å². The first-order valence-corrected chi connectivity index (χ1v) is 6.51. The molecule has 0 fully saturated rings. The summed E-state index contributed by atoms with van der Waals surface area (Å²) in [5.41, 5.74) is 1.81. The van der Waals surface area contributed by atoms with Crippen LogP contribution in [0.3, 0.4) is 0 Å². The van der Waals surface area contributed by atoms with Crippen molar-refractivity contribution < 1.29 is 14.0 Å². The number of phenolic OH excluding ortho intramolecular Hbond substituents is 1. The van der Waals surface area contributed by atoms with E-state index in [-0.39, 0.29) is 17.5 Å². The van der Waals surface area contributed by atoms with Gasteiger partial charge in [-0.2, -0.15) is 4.98 Å². The summed E-state index contributed by atoms with van der Waals surface area (Å²) in [7, 11) is 0. The fourth-order valence-corrected chi connectivity index (χ4v) is 2.20. The molecule has 0 aliphatic carbocycles. The molecule has 0 saturated carbocycles. The minimum atomic E-state index is -0.323. The lowest BCUT2D eigenvalue weighted by Gasteiger charge is -2.00. The van der Waals surface area contributed by atoms with Gasteiger partial charge < -0.3 is 9.63 Å². The first-order valence-electron chi connectivity index (χ1n) is 6.14. The van der Waals surface area contributed by atoms with Gasteiger partial charge in [-0.05, 0) is 48.9 Å². The number of hydrogen-bond donors (Lipinski definition) is 1. The molecule has 3 rings (SSSR count). The van der Waals surface area contributed by atoms with Crippen LogP contribution in [0.15, 0.2) is 40.9 Å². The van der Waals surface area contributed by atoms with E-state index < -0.39 is 0 Å². The SMILES string of the molecule is Cc1cc(F)ccc1-c1noc(-c2cc(O)ccc2Cl)n1. The number of hydrogen-bond acceptors (Lipinski definition) is 4. The third kappa shape index (κ3) is 2.60. The number of aryl methyl sites for hydroxylation is 1. The van der Waals surface area contributed by atoms with Gasteiger partial charge in [-0.3, -0.25) is 0 Å². The van der Waals surface area contributed by atoms with Crippen LogP contribution in [0, 0.1) is 12.7 Å². The maximum Gasteiger partial charge on any atom is 0.259 e. The van der Waals surface area contributed by atoms with Gasteiger partial charge in [0.2, 0.25) is 5.82 Å². The Morgan fingerprint density at radius 2 is 1.95 bits per heavy atom. The summed E-state index contributed by atoms with van der Waals surface area (Å²) in [4.78, 5) is 4.25. The Morgan fingerprint density at radius 3 is 2.71 bits per heavy atom. The van der Waals surface area contributed by atoms with E-state index >= 15 is 0 Å². The lowest BCUT2D eigenvalue weighted by atomic mass is 10.1. The molecule has 106 valence electrons. The highest BCUT2D eigenvalue weighted by Crippen LogP contribution is 2.31. The van der Waals surface area contributed by atoms with Gasteiger partial charge in [-0.1, -0.05) is 16.8 Å². The van der Waals surface area contributed by atoms with Gasteiger partial charge in [-0.25, -0.2) is 4.39 Å². The molecule has 0 unspecified atom stereocenters. The van der Waals surface area contributed by atoms with Crippen molar-refractivity contribution in [2.24, 2.45) is 0 Å². The summed E-state index contributed by atoms with van der Waals surface area (Å²) in [6, 6.07) is 8.76. The van der Waals surface area contributed by atoms with Gasteiger partial charge in [0.05, 0.1) is 10.6 Å². The third-order valence-electron chi connectivity index (χ3n) is 3.04. The molecule has 0 radical (unpaired) electrons. The summed E-state index contributed by atoms with van der Waals surface area (Å²) < 4.78 is 18.3. The van der Waals surface area contributed by atoms with E-state index in [9.17, 15) is 9.50 Å². The summed E-state index contributed by atoms with van der Waals surface area (Å²) in [5.74, 6) is 0.250. The topological polar surface area (TPSA) is 59.2 Å². The molecule has 2 aromatic carbocycles. The quantitative estimate of drug-likeness (QED) is 0.770. The average Bonchev–Trinajstić information content (AvgIpc) is 2.91. The Bertz CT molecular complexity index is 817. The van der Waals surface area contributed by atoms with E-state index in [1.807, 2.05) is 0 Å². The second-order valence-electron chi connectivity index (χ2n) is 4.55. The van der Waals surface area contributed by atoms with Crippen molar-refractivity contribution in [1.82, 2.24) is 10.1 Å². The number of benzene rings is 2. The monoisotopic (exact) mass is 304 g/mol. The number of halogens is 2. The van der Waals surface area contributed by atoms with Crippen LogP contribution >= 0.6 is 11.6 Å². The Labute approximate surface area is 124 Å². The van der Waals surface area contributed by atoms with Crippen molar-refractivity contribution in [2.75, 3.05) is 0 Å². The Morgan fingerprint density at radius 1 is 1.14 bits per heavy atom. The zero-order valence-corrected chi connectivity index (χ0v) is 11.7. The Hall–Kier alpha value is -2.40. The van der Waals surface area contributed by atoms with Crippen molar-refractivity contribution in [3.63, 3.8) is 0 Å². The second-order valence-corrected chi connectivity index (χ2v) is 4.95. The molecular weight excluding hydrogens is 295 g/mol. The number of nitrogens with zero attached hydrogens (tertiary/aromatic N) is 2. The molecule has 6 heteroatoms. The van der Waals surface area contributed by atoms with Crippen molar-refractivity contribution in [3.05, 3.63) is 52.8 Å². The molecule has 0 amide bonds. The van der Waals surface area contributed by atoms with Gasteiger partial charge in [0.1, 0.15) is 11.6 Å². The van der Waals surface area contributed by atoms with Crippen LogP contribution in [0.5, 0.6) is 5.75 Å². The number of phenols is 1. The van der Waals surface area contributed by atoms with Crippen LogP contribution in [-0.4, -0.2) is 15.2 Å². The number of rotatable bonds is 2. The van der Waals surface area contributed by atoms with E-state index in [1.54, 1.807) is 19.1 Å². The van der Waals surface area contributed by atoms with Crippen LogP contribution < -0.4 is 0 Å². The summed E-state index contributed by atoms with van der Waals surface area (Å²) in [5, 5.41) is 13.8. The zero-order valence-electron chi connectivity index (χ0n) is 11.0. The maximum absolute atomic E-state index is 13.1. The summed E-state index contributed by atoms with van der Waals surface area (Å²) >= 11 is 6.05. The van der Waals surface area contributed by atoms with Crippen molar-refractivity contribution in [1.29, 1.82) is 0 Å². The van der Waals surface area contributed by atoms with E-state index in [1.165, 1.54) is 24.3 Å². The van der Waals surface area contributed by atoms with Crippen molar-refractivity contribution >= 4 is 11.6 Å². The molecule has 0 aliphatic heterocycles. The van der Waals surface area contributed by atoms with Crippen LogP contribution in [0.2, 0.25) is 5.02 Å². The standard InChI is InChI=1S/C15H10ClFN2O2/c1-8-6-9(17)2-4-11(8)14-18-15(21-19-14)12-7-10(20)3-5-13(12)16/h2-7,20H,1H3. The Kier molecular flexibility index (Phi) is 3.35. The fourth-order valence-electron chi connectivity index (χ4n) is 2.00. The number of aromatic nitrogens is 2. The van der Waals surface area contributed by atoms with Crippen molar-refractivity contribution in [2.45, 2.75) is 6.92 Å². The second kappa shape index (κ2) is 5.18. The maximum atomic E-state index is 13.1. The Balaban J connectivity index is 2.06. The molecule has 0 spiro atoms. The van der Waals surface area contributed by atoms with Gasteiger partial charge in [0.15, 0.2) is 0 Å². The van der Waals surface area contributed by atoms with E-state index in [0.29, 0.717) is 27.5 Å². The molecule has 1 N–H and O–H groups in total. The van der Waals surface area contributed by atoms with E-state index in [2.05, 4.69) is 10.1 Å². The molecule has 21 heavy (non-hydrogen) atoms. The lowest BCUT2D eigenvalue weighted by molar-refractivity contribution is 0.431. The predicted octanol–water partition coefficient (Wildman–Crippen LogP) is 4.21. The van der Waals surface area contributed by atoms with Gasteiger partial charge >= 0.3 is 0 Å². The first-order chi connectivity index (χ1) is 10.0. The molecule has 0 saturated heterocycles. The third-order valence-corrected chi connectivity index (χ3v) is 3.37. The van der Waals surface area contributed by atoms with E-state index in [4.69, 9.17) is 16.1 Å². The summed E-state index contributed by atoms with van der Waals surface area (Å²) in [6.45, 7) is 1.76. The van der Waals surface area contributed by atoms with Gasteiger partial charge in [0, 0.05) is 5.56 Å². The average molecular weight is 305 g/mol. The molecular formula is C15H10ClFN2O2. The minimum absolute atomic E-state index is 0.0483. The van der Waals surface area contributed by atoms with Gasteiger partial charge in [-0.15, -0.1) is 0 Å². The molecule has 1 heterocycles. The minimum Gasteiger partial charge on any atom is -0.508 e. The smallest absolute Gasteiger partial charge is 0.259 e. The fraction of sp³-hybridized carbons (Fsp3) is 0.0667.